The summed E-state index contributed by atoms with van der Waals surface area (Å²) in [4.78, 5) is 25.4. The minimum atomic E-state index is -3.71. The van der Waals surface area contributed by atoms with Crippen molar-refractivity contribution < 1.29 is 22.7 Å². The van der Waals surface area contributed by atoms with Crippen molar-refractivity contribution in [3.63, 3.8) is 0 Å². The first-order valence-corrected chi connectivity index (χ1v) is 9.03. The summed E-state index contributed by atoms with van der Waals surface area (Å²) in [5.74, 6) is -1.40. The van der Waals surface area contributed by atoms with Gasteiger partial charge in [-0.1, -0.05) is 0 Å². The number of rotatable bonds is 9. The number of hydrogen-bond acceptors (Lipinski definition) is 7. The lowest BCUT2D eigenvalue weighted by Gasteiger charge is -2.20. The van der Waals surface area contributed by atoms with Crippen LogP contribution in [0.1, 0.15) is 23.3 Å². The summed E-state index contributed by atoms with van der Waals surface area (Å²) in [5.41, 5.74) is -0.0350. The lowest BCUT2D eigenvalue weighted by molar-refractivity contribution is -0.134. The van der Waals surface area contributed by atoms with Crippen LogP contribution in [-0.2, 0) is 26.6 Å². The summed E-state index contributed by atoms with van der Waals surface area (Å²) in [5, 5.41) is 17.2. The number of nitrogens with one attached hydrogen (secondary N) is 1. The first kappa shape index (κ1) is 21.2. The molecule has 11 heteroatoms. The fourth-order valence-corrected chi connectivity index (χ4v) is 2.82. The van der Waals surface area contributed by atoms with Gasteiger partial charge in [-0.2, -0.15) is 10.5 Å². The van der Waals surface area contributed by atoms with Crippen LogP contribution >= 0.6 is 0 Å². The van der Waals surface area contributed by atoms with E-state index in [4.69, 9.17) is 15.3 Å². The van der Waals surface area contributed by atoms with Gasteiger partial charge in [-0.05, 0) is 13.1 Å². The van der Waals surface area contributed by atoms with Gasteiger partial charge in [0.1, 0.15) is 10.6 Å². The Balaban J connectivity index is 2.77. The van der Waals surface area contributed by atoms with Crippen molar-refractivity contribution in [3.8, 4) is 12.1 Å². The van der Waals surface area contributed by atoms with Gasteiger partial charge < -0.3 is 14.2 Å². The van der Waals surface area contributed by atoms with E-state index in [1.165, 1.54) is 29.8 Å². The minimum absolute atomic E-state index is 0.0350. The SMILES string of the molecule is CNS(=O)(=O)c1cc(C(=O)OCC(=O)N(CCC#N)CCC#N)n(C)c1. The van der Waals surface area contributed by atoms with Gasteiger partial charge in [-0.3, -0.25) is 4.79 Å². The normalized spacial score (nSPS) is 10.6. The highest BCUT2D eigenvalue weighted by Crippen LogP contribution is 2.14. The van der Waals surface area contributed by atoms with Gasteiger partial charge in [0.05, 0.1) is 25.0 Å². The fourth-order valence-electron chi connectivity index (χ4n) is 2.03. The Kier molecular flexibility index (Phi) is 7.77. The van der Waals surface area contributed by atoms with E-state index >= 15 is 0 Å². The summed E-state index contributed by atoms with van der Waals surface area (Å²) < 4.78 is 31.9. The van der Waals surface area contributed by atoms with Crippen LogP contribution in [-0.4, -0.2) is 56.5 Å². The number of ether oxygens (including phenoxy) is 1. The second-order valence-corrected chi connectivity index (χ2v) is 7.04. The maximum absolute atomic E-state index is 12.1. The van der Waals surface area contributed by atoms with E-state index in [1.807, 2.05) is 12.1 Å². The predicted octanol–water partition coefficient (Wildman–Crippen LogP) is -0.254. The van der Waals surface area contributed by atoms with Crippen molar-refractivity contribution in [1.29, 1.82) is 10.5 Å². The Morgan fingerprint density at radius 3 is 2.35 bits per heavy atom. The van der Waals surface area contributed by atoms with E-state index in [1.54, 1.807) is 0 Å². The molecule has 0 unspecified atom stereocenters. The lowest BCUT2D eigenvalue weighted by Crippen LogP contribution is -2.36. The number of esters is 1. The summed E-state index contributed by atoms with van der Waals surface area (Å²) in [6.07, 6.45) is 1.43. The van der Waals surface area contributed by atoms with Crippen molar-refractivity contribution >= 4 is 21.9 Å². The number of nitrogens with zero attached hydrogens (tertiary/aromatic N) is 4. The molecule has 0 atom stereocenters. The third-order valence-corrected chi connectivity index (χ3v) is 4.82. The van der Waals surface area contributed by atoms with Crippen LogP contribution in [0.2, 0.25) is 0 Å². The highest BCUT2D eigenvalue weighted by molar-refractivity contribution is 7.89. The van der Waals surface area contributed by atoms with Crippen LogP contribution in [0.25, 0.3) is 0 Å². The Bertz CT molecular complexity index is 829. The number of hydrogen-bond donors (Lipinski definition) is 1. The Hall–Kier alpha value is -2.89. The molecule has 1 aromatic heterocycles. The minimum Gasteiger partial charge on any atom is -0.451 e. The topological polar surface area (TPSA) is 145 Å². The summed E-state index contributed by atoms with van der Waals surface area (Å²) >= 11 is 0. The van der Waals surface area contributed by atoms with Crippen molar-refractivity contribution in [2.24, 2.45) is 7.05 Å². The molecule has 0 fully saturated rings. The molecule has 140 valence electrons. The maximum atomic E-state index is 12.1. The molecule has 10 nitrogen and oxygen atoms in total. The van der Waals surface area contributed by atoms with E-state index in [0.29, 0.717) is 0 Å². The Morgan fingerprint density at radius 1 is 1.27 bits per heavy atom. The van der Waals surface area contributed by atoms with Gasteiger partial charge in [-0.25, -0.2) is 17.9 Å². The number of carbonyl (C=O) groups excluding carboxylic acids is 2. The third kappa shape index (κ3) is 5.58. The molecule has 1 N–H and O–H groups in total. The third-order valence-electron chi connectivity index (χ3n) is 3.43. The molecule has 0 aliphatic carbocycles. The van der Waals surface area contributed by atoms with E-state index in [-0.39, 0.29) is 36.5 Å². The summed E-state index contributed by atoms with van der Waals surface area (Å²) in [7, 11) is -0.996. The number of sulfonamides is 1. The molecule has 1 heterocycles. The van der Waals surface area contributed by atoms with Crippen LogP contribution in [0.5, 0.6) is 0 Å². The van der Waals surface area contributed by atoms with Crippen LogP contribution in [0.3, 0.4) is 0 Å². The van der Waals surface area contributed by atoms with Crippen LogP contribution in [0, 0.1) is 22.7 Å². The summed E-state index contributed by atoms with van der Waals surface area (Å²) in [6.45, 7) is -0.318. The molecule has 0 bridgehead atoms. The summed E-state index contributed by atoms with van der Waals surface area (Å²) in [6, 6.07) is 4.94. The molecule has 26 heavy (non-hydrogen) atoms. The smallest absolute Gasteiger partial charge is 0.355 e. The van der Waals surface area contributed by atoms with Crippen LogP contribution < -0.4 is 4.72 Å². The van der Waals surface area contributed by atoms with Gasteiger partial charge in [0, 0.05) is 26.3 Å². The van der Waals surface area contributed by atoms with Crippen molar-refractivity contribution in [3.05, 3.63) is 18.0 Å². The highest BCUT2D eigenvalue weighted by atomic mass is 32.2. The molecule has 0 saturated carbocycles. The quantitative estimate of drug-likeness (QED) is 0.580. The molecular weight excluding hydrogens is 362 g/mol. The fraction of sp³-hybridized carbons (Fsp3) is 0.467. The largest absolute Gasteiger partial charge is 0.451 e. The molecule has 0 radical (unpaired) electrons. The van der Waals surface area contributed by atoms with E-state index < -0.39 is 28.5 Å². The molecule has 0 aliphatic heterocycles. The average molecular weight is 381 g/mol. The number of nitriles is 2. The first-order valence-electron chi connectivity index (χ1n) is 7.55. The van der Waals surface area contributed by atoms with Crippen molar-refractivity contribution in [2.75, 3.05) is 26.7 Å². The monoisotopic (exact) mass is 381 g/mol. The Morgan fingerprint density at radius 2 is 1.85 bits per heavy atom. The zero-order valence-corrected chi connectivity index (χ0v) is 15.2. The highest BCUT2D eigenvalue weighted by Gasteiger charge is 2.21. The van der Waals surface area contributed by atoms with Gasteiger partial charge in [0.15, 0.2) is 6.61 Å². The standard InChI is InChI=1S/C15H19N5O5S/c1-18-26(23,24)12-9-13(19(2)10-12)15(22)25-11-14(21)20(7-3-5-16)8-4-6-17/h9-10,18H,3-4,7-8,11H2,1-2H3. The number of aromatic nitrogens is 1. The zero-order valence-electron chi connectivity index (χ0n) is 14.4. The second kappa shape index (κ2) is 9.56. The second-order valence-electron chi connectivity index (χ2n) is 5.15. The molecule has 0 aromatic carbocycles. The van der Waals surface area contributed by atoms with E-state index in [2.05, 4.69) is 4.72 Å². The Labute approximate surface area is 151 Å². The van der Waals surface area contributed by atoms with Gasteiger partial charge >= 0.3 is 5.97 Å². The van der Waals surface area contributed by atoms with E-state index in [9.17, 15) is 18.0 Å². The van der Waals surface area contributed by atoms with Crippen LogP contribution in [0.4, 0.5) is 0 Å². The van der Waals surface area contributed by atoms with Crippen molar-refractivity contribution in [2.45, 2.75) is 17.7 Å². The molecule has 0 saturated heterocycles. The average Bonchev–Trinajstić information content (AvgIpc) is 3.02. The first-order chi connectivity index (χ1) is 12.3. The number of aryl methyl sites for hydroxylation is 1. The number of carbonyl (C=O) groups is 2. The van der Waals surface area contributed by atoms with Crippen molar-refractivity contribution in [1.82, 2.24) is 14.2 Å². The molecule has 0 spiro atoms. The van der Waals surface area contributed by atoms with Gasteiger partial charge in [0.2, 0.25) is 10.0 Å². The molecule has 1 amide bonds. The molecule has 1 aromatic rings. The predicted molar refractivity (Wildman–Crippen MR) is 89.0 cm³/mol. The zero-order chi connectivity index (χ0) is 19.7. The van der Waals surface area contributed by atoms with E-state index in [0.717, 1.165) is 6.07 Å². The van der Waals surface area contributed by atoms with Crippen LogP contribution in [0.15, 0.2) is 17.2 Å². The molecular formula is C15H19N5O5S. The maximum Gasteiger partial charge on any atom is 0.355 e. The molecule has 1 rings (SSSR count). The number of amides is 1. The lowest BCUT2D eigenvalue weighted by atomic mass is 10.3. The van der Waals surface area contributed by atoms with Gasteiger partial charge in [0.25, 0.3) is 5.91 Å². The molecule has 0 aliphatic rings. The van der Waals surface area contributed by atoms with Gasteiger partial charge in [-0.15, -0.1) is 0 Å².